The Balaban J connectivity index is 0.00000253. The molecule has 2 aromatic carbocycles. The maximum atomic E-state index is 11.5. The van der Waals surface area contributed by atoms with Gasteiger partial charge >= 0.3 is 4.87 Å². The van der Waals surface area contributed by atoms with Crippen LogP contribution in [0.25, 0.3) is 10.2 Å². The smallest absolute Gasteiger partial charge is 0.305 e. The van der Waals surface area contributed by atoms with E-state index in [0.29, 0.717) is 6.04 Å². The summed E-state index contributed by atoms with van der Waals surface area (Å²) in [6.45, 7) is 6.56. The van der Waals surface area contributed by atoms with Crippen molar-refractivity contribution in [2.45, 2.75) is 77.2 Å². The zero-order valence-corrected chi connectivity index (χ0v) is 26.6. The Morgan fingerprint density at radius 2 is 1.82 bits per heavy atom. The number of aromatic hydroxyl groups is 2. The molecule has 1 atom stereocenters. The Labute approximate surface area is 251 Å². The SMILES string of the molecule is Br.Br.CCCN(CCCCCCCNCCc1ccc2[nH]c(=O)sc2c1)C1CCc2c(ccc(O)c2O)C1. The van der Waals surface area contributed by atoms with E-state index >= 15 is 0 Å². The van der Waals surface area contributed by atoms with Crippen LogP contribution in [0.4, 0.5) is 0 Å². The number of nitrogens with zero attached hydrogens (tertiary/aromatic N) is 1. The first-order valence-corrected chi connectivity index (χ1v) is 14.5. The van der Waals surface area contributed by atoms with E-state index in [2.05, 4.69) is 34.3 Å². The second kappa shape index (κ2) is 16.7. The van der Waals surface area contributed by atoms with Crippen LogP contribution in [0.5, 0.6) is 11.5 Å². The number of benzene rings is 2. The number of H-pyrrole nitrogens is 1. The normalized spacial score (nSPS) is 14.7. The van der Waals surface area contributed by atoms with E-state index in [1.807, 2.05) is 12.1 Å². The van der Waals surface area contributed by atoms with Crippen LogP contribution < -0.4 is 10.2 Å². The molecule has 0 saturated carbocycles. The fourth-order valence-corrected chi connectivity index (χ4v) is 6.28. The van der Waals surface area contributed by atoms with Crippen molar-refractivity contribution in [2.24, 2.45) is 0 Å². The molecule has 38 heavy (non-hydrogen) atoms. The third-order valence-electron chi connectivity index (χ3n) is 7.44. The van der Waals surface area contributed by atoms with Crippen molar-refractivity contribution in [3.05, 3.63) is 56.7 Å². The van der Waals surface area contributed by atoms with Gasteiger partial charge < -0.3 is 25.4 Å². The van der Waals surface area contributed by atoms with Crippen molar-refractivity contribution >= 4 is 55.5 Å². The van der Waals surface area contributed by atoms with Gasteiger partial charge in [-0.1, -0.05) is 49.7 Å². The topological polar surface area (TPSA) is 88.6 Å². The number of aromatic amines is 1. The minimum Gasteiger partial charge on any atom is -0.504 e. The van der Waals surface area contributed by atoms with Crippen LogP contribution in [0.3, 0.4) is 0 Å². The van der Waals surface area contributed by atoms with E-state index in [-0.39, 0.29) is 50.3 Å². The van der Waals surface area contributed by atoms with Crippen molar-refractivity contribution in [3.8, 4) is 11.5 Å². The van der Waals surface area contributed by atoms with Gasteiger partial charge in [0, 0.05) is 11.6 Å². The first kappa shape index (κ1) is 32.8. The summed E-state index contributed by atoms with van der Waals surface area (Å²) in [7, 11) is 0. The number of unbranched alkanes of at least 4 members (excludes halogenated alkanes) is 4. The van der Waals surface area contributed by atoms with Gasteiger partial charge in [0.15, 0.2) is 11.5 Å². The lowest BCUT2D eigenvalue weighted by molar-refractivity contribution is 0.175. The predicted molar refractivity (Wildman–Crippen MR) is 170 cm³/mol. The van der Waals surface area contributed by atoms with Gasteiger partial charge in [-0.15, -0.1) is 34.0 Å². The average molecular weight is 674 g/mol. The lowest BCUT2D eigenvalue weighted by Gasteiger charge is -2.35. The molecule has 1 unspecified atom stereocenters. The summed E-state index contributed by atoms with van der Waals surface area (Å²) in [6.07, 6.45) is 11.3. The van der Waals surface area contributed by atoms with Crippen molar-refractivity contribution in [1.29, 1.82) is 0 Å². The number of hydrogen-bond donors (Lipinski definition) is 4. The molecule has 1 aliphatic rings. The summed E-state index contributed by atoms with van der Waals surface area (Å²) < 4.78 is 1.04. The highest BCUT2D eigenvalue weighted by atomic mass is 79.9. The lowest BCUT2D eigenvalue weighted by Crippen LogP contribution is -2.40. The third kappa shape index (κ3) is 9.08. The summed E-state index contributed by atoms with van der Waals surface area (Å²) in [5.74, 6) is 0.0858. The van der Waals surface area contributed by atoms with Gasteiger partial charge in [-0.3, -0.25) is 4.79 Å². The minimum atomic E-state index is 0. The van der Waals surface area contributed by atoms with E-state index in [0.717, 1.165) is 74.1 Å². The van der Waals surface area contributed by atoms with Gasteiger partial charge in [-0.2, -0.15) is 0 Å². The summed E-state index contributed by atoms with van der Waals surface area (Å²) in [5, 5.41) is 23.5. The molecule has 0 radical (unpaired) electrons. The molecule has 9 heteroatoms. The third-order valence-corrected chi connectivity index (χ3v) is 8.29. The van der Waals surface area contributed by atoms with Crippen LogP contribution in [0.1, 0.15) is 68.6 Å². The minimum absolute atomic E-state index is 0. The lowest BCUT2D eigenvalue weighted by atomic mass is 9.86. The number of hydrogen-bond acceptors (Lipinski definition) is 6. The second-order valence-corrected chi connectivity index (χ2v) is 11.1. The van der Waals surface area contributed by atoms with Gasteiger partial charge in [-0.25, -0.2) is 0 Å². The van der Waals surface area contributed by atoms with Crippen LogP contribution in [-0.2, 0) is 19.3 Å². The molecule has 1 heterocycles. The van der Waals surface area contributed by atoms with Gasteiger partial charge in [0.25, 0.3) is 0 Å². The number of phenols is 2. The second-order valence-electron chi connectivity index (χ2n) is 10.1. The monoisotopic (exact) mass is 671 g/mol. The van der Waals surface area contributed by atoms with Gasteiger partial charge in [0.2, 0.25) is 0 Å². The number of halogens is 2. The fourth-order valence-electron chi connectivity index (χ4n) is 5.48. The molecule has 0 saturated heterocycles. The highest BCUT2D eigenvalue weighted by Gasteiger charge is 2.26. The quantitative estimate of drug-likeness (QED) is 0.116. The molecule has 0 aliphatic heterocycles. The Bertz CT molecular complexity index is 1180. The van der Waals surface area contributed by atoms with Crippen LogP contribution in [0, 0.1) is 0 Å². The van der Waals surface area contributed by atoms with E-state index in [1.165, 1.54) is 54.6 Å². The Morgan fingerprint density at radius 1 is 1.03 bits per heavy atom. The number of fused-ring (bicyclic) bond motifs is 2. The molecule has 4 N–H and O–H groups in total. The van der Waals surface area contributed by atoms with Gasteiger partial charge in [-0.05, 0) is 100 Å². The van der Waals surface area contributed by atoms with E-state index < -0.39 is 0 Å². The van der Waals surface area contributed by atoms with E-state index in [9.17, 15) is 15.0 Å². The maximum absolute atomic E-state index is 11.5. The van der Waals surface area contributed by atoms with Crippen LogP contribution in [-0.4, -0.2) is 52.3 Å². The number of aromatic nitrogens is 1. The highest BCUT2D eigenvalue weighted by Crippen LogP contribution is 2.36. The predicted octanol–water partition coefficient (Wildman–Crippen LogP) is 6.51. The summed E-state index contributed by atoms with van der Waals surface area (Å²) >= 11 is 1.28. The van der Waals surface area contributed by atoms with E-state index in [4.69, 9.17) is 0 Å². The van der Waals surface area contributed by atoms with Gasteiger partial charge in [0.05, 0.1) is 10.2 Å². The van der Waals surface area contributed by atoms with Crippen molar-refractivity contribution in [1.82, 2.24) is 15.2 Å². The van der Waals surface area contributed by atoms with Crippen LogP contribution in [0.2, 0.25) is 0 Å². The molecule has 0 spiro atoms. The molecule has 6 nitrogen and oxygen atoms in total. The standard InChI is InChI=1S/C29H41N3O3S.2BrH/c1-2-17-32(23-10-11-24-22(20-23)9-13-26(33)28(24)34)18-7-5-3-4-6-15-30-16-14-21-8-12-25-27(19-21)36-29(35)31-25;;/h8-9,12-13,19,23,30,33-34H,2-7,10-11,14-18,20H2,1H3,(H,31,35);2*1H. The average Bonchev–Trinajstić information content (AvgIpc) is 3.25. The number of nitrogens with one attached hydrogen (secondary N) is 2. The zero-order chi connectivity index (χ0) is 25.3. The van der Waals surface area contributed by atoms with Crippen LogP contribution >= 0.6 is 45.3 Å². The maximum Gasteiger partial charge on any atom is 0.305 e. The van der Waals surface area contributed by atoms with Crippen molar-refractivity contribution in [2.75, 3.05) is 26.2 Å². The zero-order valence-electron chi connectivity index (χ0n) is 22.3. The highest BCUT2D eigenvalue weighted by molar-refractivity contribution is 8.93. The molecule has 4 rings (SSSR count). The first-order chi connectivity index (χ1) is 17.5. The summed E-state index contributed by atoms with van der Waals surface area (Å²) in [6, 6.07) is 10.4. The van der Waals surface area contributed by atoms with Crippen molar-refractivity contribution < 1.29 is 10.2 Å². The Kier molecular flexibility index (Phi) is 14.4. The molecule has 3 aromatic rings. The first-order valence-electron chi connectivity index (χ1n) is 13.6. The molecule has 0 fully saturated rings. The molecule has 0 amide bonds. The largest absolute Gasteiger partial charge is 0.504 e. The van der Waals surface area contributed by atoms with E-state index in [1.54, 1.807) is 6.07 Å². The number of phenolic OH excluding ortho intramolecular Hbond substituents is 2. The molecule has 212 valence electrons. The molecular weight excluding hydrogens is 630 g/mol. The molecule has 0 bridgehead atoms. The summed E-state index contributed by atoms with van der Waals surface area (Å²) in [5.41, 5.74) is 4.34. The number of rotatable bonds is 14. The van der Waals surface area contributed by atoms with Gasteiger partial charge in [0.1, 0.15) is 0 Å². The van der Waals surface area contributed by atoms with Crippen LogP contribution in [0.15, 0.2) is 35.1 Å². The molecular formula is C29H43Br2N3O3S. The molecule has 1 aliphatic carbocycles. The fraction of sp³-hybridized carbons (Fsp3) is 0.552. The summed E-state index contributed by atoms with van der Waals surface area (Å²) in [4.78, 5) is 17.0. The Hall–Kier alpha value is -1.39. The number of thiazole rings is 1. The van der Waals surface area contributed by atoms with Crippen molar-refractivity contribution in [3.63, 3.8) is 0 Å². The Morgan fingerprint density at radius 3 is 2.63 bits per heavy atom. The molecule has 1 aromatic heterocycles.